The number of hydrogen-bond donors (Lipinski definition) is 0. The SMILES string of the molecule is N#Cc1ccc(Cn2cncc(Br)c2=O)c(F)c1. The molecule has 0 aliphatic heterocycles. The van der Waals surface area contributed by atoms with Gasteiger partial charge in [-0.15, -0.1) is 0 Å². The summed E-state index contributed by atoms with van der Waals surface area (Å²) >= 11 is 3.07. The molecule has 1 aromatic heterocycles. The molecule has 0 aliphatic rings. The highest BCUT2D eigenvalue weighted by Crippen LogP contribution is 2.11. The van der Waals surface area contributed by atoms with E-state index in [2.05, 4.69) is 20.9 Å². The molecule has 1 aromatic carbocycles. The highest BCUT2D eigenvalue weighted by atomic mass is 79.9. The molecule has 0 fully saturated rings. The smallest absolute Gasteiger partial charge is 0.267 e. The van der Waals surface area contributed by atoms with Crippen LogP contribution in [0.1, 0.15) is 11.1 Å². The molecular weight excluding hydrogens is 301 g/mol. The van der Waals surface area contributed by atoms with Gasteiger partial charge in [0.2, 0.25) is 0 Å². The minimum absolute atomic E-state index is 0.0722. The molecule has 0 saturated carbocycles. The monoisotopic (exact) mass is 307 g/mol. The topological polar surface area (TPSA) is 58.7 Å². The summed E-state index contributed by atoms with van der Waals surface area (Å²) in [7, 11) is 0. The highest BCUT2D eigenvalue weighted by molar-refractivity contribution is 9.10. The lowest BCUT2D eigenvalue weighted by Gasteiger charge is -2.06. The minimum atomic E-state index is -0.513. The number of halogens is 2. The van der Waals surface area contributed by atoms with E-state index >= 15 is 0 Å². The number of aromatic nitrogens is 2. The van der Waals surface area contributed by atoms with Gasteiger partial charge in [0.1, 0.15) is 10.3 Å². The second kappa shape index (κ2) is 5.10. The fourth-order valence-electron chi connectivity index (χ4n) is 1.47. The maximum absolute atomic E-state index is 13.7. The molecule has 0 atom stereocenters. The van der Waals surface area contributed by atoms with Gasteiger partial charge < -0.3 is 0 Å². The van der Waals surface area contributed by atoms with E-state index in [-0.39, 0.29) is 17.7 Å². The maximum atomic E-state index is 13.7. The second-order valence-corrected chi connectivity index (χ2v) is 4.45. The molecule has 0 bridgehead atoms. The second-order valence-electron chi connectivity index (χ2n) is 3.59. The summed E-state index contributed by atoms with van der Waals surface area (Å²) in [4.78, 5) is 15.6. The number of benzene rings is 1. The van der Waals surface area contributed by atoms with Gasteiger partial charge in [-0.1, -0.05) is 6.07 Å². The van der Waals surface area contributed by atoms with E-state index < -0.39 is 5.82 Å². The third-order valence-electron chi connectivity index (χ3n) is 2.38. The molecule has 2 aromatic rings. The lowest BCUT2D eigenvalue weighted by atomic mass is 10.1. The normalized spacial score (nSPS) is 10.1. The largest absolute Gasteiger partial charge is 0.294 e. The van der Waals surface area contributed by atoms with Gasteiger partial charge in [0.15, 0.2) is 0 Å². The summed E-state index contributed by atoms with van der Waals surface area (Å²) in [5, 5.41) is 8.64. The van der Waals surface area contributed by atoms with Crippen LogP contribution < -0.4 is 5.56 Å². The van der Waals surface area contributed by atoms with Gasteiger partial charge >= 0.3 is 0 Å². The van der Waals surface area contributed by atoms with Gasteiger partial charge in [-0.05, 0) is 28.1 Å². The van der Waals surface area contributed by atoms with Gasteiger partial charge in [-0.2, -0.15) is 5.26 Å². The molecule has 2 rings (SSSR count). The standard InChI is InChI=1S/C12H7BrFN3O/c13-10-5-16-7-17(12(10)18)6-9-2-1-8(4-15)3-11(9)14/h1-3,5,7H,6H2. The average molecular weight is 308 g/mol. The Kier molecular flexibility index (Phi) is 3.53. The zero-order chi connectivity index (χ0) is 13.1. The molecule has 1 heterocycles. The van der Waals surface area contributed by atoms with Crippen LogP contribution in [-0.2, 0) is 6.54 Å². The summed E-state index contributed by atoms with van der Waals surface area (Å²) in [6.07, 6.45) is 2.72. The third-order valence-corrected chi connectivity index (χ3v) is 2.93. The summed E-state index contributed by atoms with van der Waals surface area (Å²) in [5.41, 5.74) is 0.292. The van der Waals surface area contributed by atoms with E-state index in [1.807, 2.05) is 6.07 Å². The first-order valence-corrected chi connectivity index (χ1v) is 5.79. The van der Waals surface area contributed by atoms with E-state index in [0.29, 0.717) is 10.0 Å². The van der Waals surface area contributed by atoms with Crippen LogP contribution >= 0.6 is 15.9 Å². The van der Waals surface area contributed by atoms with E-state index in [0.717, 1.165) is 6.07 Å². The quantitative estimate of drug-likeness (QED) is 0.853. The van der Waals surface area contributed by atoms with Gasteiger partial charge in [0.25, 0.3) is 5.56 Å². The summed E-state index contributed by atoms with van der Waals surface area (Å²) in [6.45, 7) is 0.0722. The third kappa shape index (κ3) is 2.46. The van der Waals surface area contributed by atoms with Crippen molar-refractivity contribution in [2.45, 2.75) is 6.54 Å². The van der Waals surface area contributed by atoms with Crippen molar-refractivity contribution in [1.82, 2.24) is 9.55 Å². The lowest BCUT2D eigenvalue weighted by molar-refractivity contribution is 0.593. The minimum Gasteiger partial charge on any atom is -0.294 e. The summed E-state index contributed by atoms with van der Waals surface area (Å²) < 4.78 is 15.3. The Hall–Kier alpha value is -2.00. The molecule has 0 radical (unpaired) electrons. The molecule has 0 N–H and O–H groups in total. The van der Waals surface area contributed by atoms with Gasteiger partial charge in [0, 0.05) is 11.8 Å². The molecule has 0 saturated heterocycles. The van der Waals surface area contributed by atoms with Crippen molar-refractivity contribution < 1.29 is 4.39 Å². The summed E-state index contributed by atoms with van der Waals surface area (Å²) in [6, 6.07) is 5.99. The predicted molar refractivity (Wildman–Crippen MR) is 66.4 cm³/mol. The van der Waals surface area contributed by atoms with Crippen LogP contribution in [0.2, 0.25) is 0 Å². The van der Waals surface area contributed by atoms with Gasteiger partial charge in [-0.3, -0.25) is 9.36 Å². The van der Waals surface area contributed by atoms with Crippen molar-refractivity contribution in [3.63, 3.8) is 0 Å². The fraction of sp³-hybridized carbons (Fsp3) is 0.0833. The lowest BCUT2D eigenvalue weighted by Crippen LogP contribution is -2.21. The molecule has 90 valence electrons. The van der Waals surface area contributed by atoms with E-state index in [1.165, 1.54) is 29.2 Å². The van der Waals surface area contributed by atoms with Crippen LogP contribution in [-0.4, -0.2) is 9.55 Å². The Bertz CT molecular complexity index is 690. The Balaban J connectivity index is 2.38. The van der Waals surface area contributed by atoms with E-state index in [1.54, 1.807) is 0 Å². The fourth-order valence-corrected chi connectivity index (χ4v) is 1.81. The van der Waals surface area contributed by atoms with Crippen molar-refractivity contribution in [3.05, 3.63) is 62.5 Å². The Labute approximate surface area is 110 Å². The van der Waals surface area contributed by atoms with Gasteiger partial charge in [0.05, 0.1) is 24.5 Å². The van der Waals surface area contributed by atoms with E-state index in [4.69, 9.17) is 5.26 Å². The Morgan fingerprint density at radius 3 is 2.94 bits per heavy atom. The first kappa shape index (κ1) is 12.5. The average Bonchev–Trinajstić information content (AvgIpc) is 2.37. The van der Waals surface area contributed by atoms with Crippen molar-refractivity contribution in [3.8, 4) is 6.07 Å². The molecule has 6 heteroatoms. The van der Waals surface area contributed by atoms with Crippen molar-refractivity contribution >= 4 is 15.9 Å². The highest BCUT2D eigenvalue weighted by Gasteiger charge is 2.07. The molecule has 0 aliphatic carbocycles. The number of nitriles is 1. The predicted octanol–water partition coefficient (Wildman–Crippen LogP) is 2.06. The maximum Gasteiger partial charge on any atom is 0.267 e. The zero-order valence-electron chi connectivity index (χ0n) is 9.10. The van der Waals surface area contributed by atoms with Crippen LogP contribution in [0.5, 0.6) is 0 Å². The first-order valence-electron chi connectivity index (χ1n) is 5.00. The Morgan fingerprint density at radius 2 is 2.28 bits per heavy atom. The molecule has 0 spiro atoms. The van der Waals surface area contributed by atoms with Crippen LogP contribution in [0.4, 0.5) is 4.39 Å². The number of hydrogen-bond acceptors (Lipinski definition) is 3. The van der Waals surface area contributed by atoms with Crippen LogP contribution in [0.15, 0.2) is 40.0 Å². The number of rotatable bonds is 2. The number of nitrogens with zero attached hydrogens (tertiary/aromatic N) is 3. The van der Waals surface area contributed by atoms with Crippen molar-refractivity contribution in [2.24, 2.45) is 0 Å². The van der Waals surface area contributed by atoms with Gasteiger partial charge in [-0.25, -0.2) is 9.37 Å². The van der Waals surface area contributed by atoms with Crippen LogP contribution in [0.25, 0.3) is 0 Å². The summed E-state index contributed by atoms with van der Waals surface area (Å²) in [5.74, 6) is -0.513. The molecule has 0 unspecified atom stereocenters. The molecule has 0 amide bonds. The molecular formula is C12H7BrFN3O. The van der Waals surface area contributed by atoms with E-state index in [9.17, 15) is 9.18 Å². The van der Waals surface area contributed by atoms with Crippen LogP contribution in [0, 0.1) is 17.1 Å². The molecule has 18 heavy (non-hydrogen) atoms. The van der Waals surface area contributed by atoms with Crippen LogP contribution in [0.3, 0.4) is 0 Å². The van der Waals surface area contributed by atoms with Crippen molar-refractivity contribution in [2.75, 3.05) is 0 Å². The molecule has 4 nitrogen and oxygen atoms in total. The Morgan fingerprint density at radius 1 is 1.50 bits per heavy atom. The van der Waals surface area contributed by atoms with Crippen molar-refractivity contribution in [1.29, 1.82) is 5.26 Å². The first-order chi connectivity index (χ1) is 8.61. The zero-order valence-corrected chi connectivity index (χ0v) is 10.7.